The second kappa shape index (κ2) is 7.08. The van der Waals surface area contributed by atoms with Crippen molar-refractivity contribution < 1.29 is 0 Å². The lowest BCUT2D eigenvalue weighted by molar-refractivity contribution is 0.135. The van der Waals surface area contributed by atoms with Crippen LogP contribution < -0.4 is 0 Å². The van der Waals surface area contributed by atoms with E-state index in [0.29, 0.717) is 6.04 Å². The van der Waals surface area contributed by atoms with Crippen LogP contribution >= 0.6 is 15.9 Å². The number of nitrogens with zero attached hydrogens (tertiary/aromatic N) is 3. The van der Waals surface area contributed by atoms with Crippen LogP contribution in [0.25, 0.3) is 0 Å². The summed E-state index contributed by atoms with van der Waals surface area (Å²) in [7, 11) is 0. The van der Waals surface area contributed by atoms with Crippen molar-refractivity contribution in [1.82, 2.24) is 14.7 Å². The highest BCUT2D eigenvalue weighted by Gasteiger charge is 2.23. The summed E-state index contributed by atoms with van der Waals surface area (Å²) < 4.78 is 2.23. The smallest absolute Gasteiger partial charge is 0.0765 e. The molecule has 0 aromatic carbocycles. The predicted octanol–water partition coefficient (Wildman–Crippen LogP) is 4.14. The molecule has 1 aliphatic carbocycles. The molecule has 2 fully saturated rings. The van der Waals surface area contributed by atoms with Crippen molar-refractivity contribution in [1.29, 1.82) is 0 Å². The molecule has 0 spiro atoms. The molecule has 2 aliphatic rings. The summed E-state index contributed by atoms with van der Waals surface area (Å²) in [6.07, 6.45) is 13.0. The zero-order chi connectivity index (χ0) is 13.8. The number of halogens is 1. The Hall–Kier alpha value is -0.350. The third kappa shape index (κ3) is 3.45. The zero-order valence-electron chi connectivity index (χ0n) is 12.3. The molecule has 0 amide bonds. The zero-order valence-corrected chi connectivity index (χ0v) is 13.9. The van der Waals surface area contributed by atoms with E-state index in [1.54, 1.807) is 0 Å². The van der Waals surface area contributed by atoms with E-state index >= 15 is 0 Å². The van der Waals surface area contributed by atoms with Crippen LogP contribution in [-0.2, 0) is 6.54 Å². The van der Waals surface area contributed by atoms with Gasteiger partial charge in [0, 0.05) is 24.1 Å². The van der Waals surface area contributed by atoms with Crippen LogP contribution in [0.2, 0.25) is 0 Å². The van der Waals surface area contributed by atoms with Crippen molar-refractivity contribution in [2.24, 2.45) is 0 Å². The van der Waals surface area contributed by atoms with Crippen LogP contribution in [0.15, 0.2) is 12.3 Å². The van der Waals surface area contributed by atoms with Crippen molar-refractivity contribution in [3.8, 4) is 0 Å². The van der Waals surface area contributed by atoms with Gasteiger partial charge in [0.25, 0.3) is 0 Å². The minimum atomic E-state index is 0.670. The molecule has 0 N–H and O–H groups in total. The van der Waals surface area contributed by atoms with Crippen molar-refractivity contribution in [2.75, 3.05) is 11.9 Å². The predicted molar refractivity (Wildman–Crippen MR) is 86.2 cm³/mol. The fraction of sp³-hybridized carbons (Fsp3) is 0.812. The highest BCUT2D eigenvalue weighted by molar-refractivity contribution is 9.09. The van der Waals surface area contributed by atoms with E-state index in [-0.39, 0.29) is 0 Å². The quantitative estimate of drug-likeness (QED) is 0.751. The molecule has 0 bridgehead atoms. The topological polar surface area (TPSA) is 21.1 Å². The van der Waals surface area contributed by atoms with Gasteiger partial charge < -0.3 is 0 Å². The van der Waals surface area contributed by atoms with Crippen LogP contribution in [0, 0.1) is 0 Å². The fourth-order valence-corrected chi connectivity index (χ4v) is 4.29. The Balaban J connectivity index is 1.61. The van der Waals surface area contributed by atoms with Gasteiger partial charge in [-0.2, -0.15) is 5.10 Å². The SMILES string of the molecule is BrCCC1CCCCN1Cc1ccn(C2CCCC2)n1. The number of aromatic nitrogens is 2. The van der Waals surface area contributed by atoms with Gasteiger partial charge in [0.1, 0.15) is 0 Å². The lowest BCUT2D eigenvalue weighted by Crippen LogP contribution is -2.39. The lowest BCUT2D eigenvalue weighted by Gasteiger charge is -2.35. The van der Waals surface area contributed by atoms with Gasteiger partial charge in [-0.1, -0.05) is 35.2 Å². The summed E-state index contributed by atoms with van der Waals surface area (Å²) in [6.45, 7) is 2.28. The van der Waals surface area contributed by atoms with E-state index in [9.17, 15) is 0 Å². The average molecular weight is 340 g/mol. The van der Waals surface area contributed by atoms with Gasteiger partial charge in [-0.25, -0.2) is 0 Å². The van der Waals surface area contributed by atoms with E-state index in [4.69, 9.17) is 5.10 Å². The maximum atomic E-state index is 4.84. The average Bonchev–Trinajstić information content (AvgIpc) is 3.12. The van der Waals surface area contributed by atoms with Crippen LogP contribution in [0.5, 0.6) is 0 Å². The van der Waals surface area contributed by atoms with Crippen LogP contribution in [-0.4, -0.2) is 32.6 Å². The first-order valence-electron chi connectivity index (χ1n) is 8.21. The Morgan fingerprint density at radius 3 is 2.75 bits per heavy atom. The lowest BCUT2D eigenvalue weighted by atomic mass is 10.00. The number of likely N-dealkylation sites (tertiary alicyclic amines) is 1. The van der Waals surface area contributed by atoms with Gasteiger partial charge in [-0.3, -0.25) is 9.58 Å². The van der Waals surface area contributed by atoms with Crippen LogP contribution in [0.3, 0.4) is 0 Å². The molecule has 1 atom stereocenters. The second-order valence-corrected chi connectivity index (χ2v) is 7.12. The van der Waals surface area contributed by atoms with Gasteiger partial charge in [0.15, 0.2) is 0 Å². The summed E-state index contributed by atoms with van der Waals surface area (Å²) in [5.74, 6) is 0. The Kier molecular flexibility index (Phi) is 5.16. The summed E-state index contributed by atoms with van der Waals surface area (Å²) in [6, 6.07) is 3.65. The first-order chi connectivity index (χ1) is 9.86. The third-order valence-electron chi connectivity index (χ3n) is 4.92. The molecule has 2 heterocycles. The van der Waals surface area contributed by atoms with Crippen molar-refractivity contribution in [3.05, 3.63) is 18.0 Å². The molecule has 112 valence electrons. The number of piperidine rings is 1. The first-order valence-corrected chi connectivity index (χ1v) is 9.33. The molecule has 0 radical (unpaired) electrons. The van der Waals surface area contributed by atoms with Gasteiger partial charge in [0.05, 0.1) is 11.7 Å². The van der Waals surface area contributed by atoms with Crippen molar-refractivity contribution in [2.45, 2.75) is 70.0 Å². The molecule has 3 rings (SSSR count). The van der Waals surface area contributed by atoms with E-state index in [1.165, 1.54) is 63.6 Å². The molecule has 1 saturated heterocycles. The standard InChI is InChI=1S/C16H26BrN3/c17-10-8-15-5-3-4-11-19(15)13-14-9-12-20(18-14)16-6-1-2-7-16/h9,12,15-16H,1-8,10-11,13H2. The largest absolute Gasteiger partial charge is 0.294 e. The van der Waals surface area contributed by atoms with E-state index in [1.807, 2.05) is 0 Å². The molecule has 1 unspecified atom stereocenters. The molecule has 1 aromatic rings. The highest BCUT2D eigenvalue weighted by Crippen LogP contribution is 2.29. The monoisotopic (exact) mass is 339 g/mol. The summed E-state index contributed by atoms with van der Waals surface area (Å²) in [5.41, 5.74) is 1.26. The molecular formula is C16H26BrN3. The fourth-order valence-electron chi connectivity index (χ4n) is 3.76. The Morgan fingerprint density at radius 1 is 1.15 bits per heavy atom. The Bertz CT molecular complexity index is 410. The highest BCUT2D eigenvalue weighted by atomic mass is 79.9. The normalized spacial score (nSPS) is 25.4. The molecule has 1 saturated carbocycles. The molecule has 4 heteroatoms. The van der Waals surface area contributed by atoms with Crippen LogP contribution in [0.1, 0.15) is 63.1 Å². The molecule has 20 heavy (non-hydrogen) atoms. The van der Waals surface area contributed by atoms with E-state index in [2.05, 4.69) is 37.8 Å². The van der Waals surface area contributed by atoms with Crippen molar-refractivity contribution in [3.63, 3.8) is 0 Å². The summed E-state index contributed by atoms with van der Waals surface area (Å²) >= 11 is 3.60. The number of hydrogen-bond donors (Lipinski definition) is 0. The minimum absolute atomic E-state index is 0.670. The number of hydrogen-bond acceptors (Lipinski definition) is 2. The number of alkyl halides is 1. The first kappa shape index (κ1) is 14.6. The maximum Gasteiger partial charge on any atom is 0.0765 e. The Labute approximate surface area is 130 Å². The third-order valence-corrected chi connectivity index (χ3v) is 5.38. The van der Waals surface area contributed by atoms with Gasteiger partial charge in [-0.05, 0) is 44.7 Å². The number of rotatable bonds is 5. The molecule has 3 nitrogen and oxygen atoms in total. The Morgan fingerprint density at radius 2 is 1.95 bits per heavy atom. The van der Waals surface area contributed by atoms with Gasteiger partial charge >= 0.3 is 0 Å². The van der Waals surface area contributed by atoms with Gasteiger partial charge in [0.2, 0.25) is 0 Å². The second-order valence-electron chi connectivity index (χ2n) is 6.32. The van der Waals surface area contributed by atoms with E-state index < -0.39 is 0 Å². The molecular weight excluding hydrogens is 314 g/mol. The van der Waals surface area contributed by atoms with E-state index in [0.717, 1.165) is 17.9 Å². The van der Waals surface area contributed by atoms with Crippen LogP contribution in [0.4, 0.5) is 0 Å². The summed E-state index contributed by atoms with van der Waals surface area (Å²) in [5, 5.41) is 5.96. The molecule has 1 aromatic heterocycles. The summed E-state index contributed by atoms with van der Waals surface area (Å²) in [4.78, 5) is 2.64. The minimum Gasteiger partial charge on any atom is -0.294 e. The maximum absolute atomic E-state index is 4.84. The van der Waals surface area contributed by atoms with Crippen molar-refractivity contribution >= 4 is 15.9 Å². The van der Waals surface area contributed by atoms with Gasteiger partial charge in [-0.15, -0.1) is 0 Å². The molecule has 1 aliphatic heterocycles.